The van der Waals surface area contributed by atoms with Gasteiger partial charge in [0.15, 0.2) is 0 Å². The lowest BCUT2D eigenvalue weighted by Crippen LogP contribution is -2.55. The van der Waals surface area contributed by atoms with Crippen molar-refractivity contribution < 1.29 is 47.3 Å². The SMILES string of the molecule is O=c1c(-c2ccc(OS(=O)(=O)c3ccccc3)cc2)coc2c([C@@H]3O[C@H](CO)[C@@H](O)[C@H](O)[C@H]3O)c(O)ccc12. The molecular weight excluding hydrogens is 532 g/mol. The van der Waals surface area contributed by atoms with Crippen LogP contribution >= 0.6 is 0 Å². The number of phenolic OH excluding ortho intramolecular Hbond substituents is 1. The average molecular weight is 557 g/mol. The first kappa shape index (κ1) is 26.8. The maximum atomic E-state index is 13.4. The van der Waals surface area contributed by atoms with E-state index in [2.05, 4.69) is 0 Å². The predicted molar refractivity (Wildman–Crippen MR) is 137 cm³/mol. The molecule has 0 radical (unpaired) electrons. The summed E-state index contributed by atoms with van der Waals surface area (Å²) in [5.74, 6) is -0.369. The zero-order chi connectivity index (χ0) is 27.9. The maximum Gasteiger partial charge on any atom is 0.339 e. The van der Waals surface area contributed by atoms with Crippen molar-refractivity contribution in [3.8, 4) is 22.6 Å². The Morgan fingerprint density at radius 2 is 1.56 bits per heavy atom. The number of aliphatic hydroxyl groups is 4. The van der Waals surface area contributed by atoms with Crippen LogP contribution in [0.5, 0.6) is 11.5 Å². The second kappa shape index (κ2) is 10.4. The number of phenols is 1. The van der Waals surface area contributed by atoms with Gasteiger partial charge in [-0.3, -0.25) is 4.79 Å². The maximum absolute atomic E-state index is 13.4. The molecule has 1 aromatic heterocycles. The van der Waals surface area contributed by atoms with Gasteiger partial charge in [-0.2, -0.15) is 8.42 Å². The lowest BCUT2D eigenvalue weighted by Gasteiger charge is -2.40. The van der Waals surface area contributed by atoms with Crippen LogP contribution in [0, 0.1) is 0 Å². The number of fused-ring (bicyclic) bond motifs is 1. The quantitative estimate of drug-likeness (QED) is 0.217. The van der Waals surface area contributed by atoms with Crippen molar-refractivity contribution in [2.45, 2.75) is 35.4 Å². The number of ether oxygens (including phenoxy) is 1. The standard InChI is InChI=1S/C27H24O11S/c28-12-20-23(31)24(32)25(33)27(37-20)21-19(29)11-10-17-22(30)18(13-36-26(17)21)14-6-8-15(9-7-14)38-39(34,35)16-4-2-1-3-5-16/h1-11,13,20,23-25,27-29,31-33H,12H2/t20-,23-,24+,25-,27+/m1/s1. The van der Waals surface area contributed by atoms with Gasteiger partial charge in [0.25, 0.3) is 0 Å². The van der Waals surface area contributed by atoms with E-state index in [0.29, 0.717) is 5.56 Å². The van der Waals surface area contributed by atoms with E-state index in [-0.39, 0.29) is 32.7 Å². The monoisotopic (exact) mass is 556 g/mol. The molecular formula is C27H24O11S. The van der Waals surface area contributed by atoms with E-state index in [9.17, 15) is 38.7 Å². The summed E-state index contributed by atoms with van der Waals surface area (Å²) >= 11 is 0. The fraction of sp³-hybridized carbons (Fsp3) is 0.222. The van der Waals surface area contributed by atoms with Crippen LogP contribution < -0.4 is 9.61 Å². The Morgan fingerprint density at radius 1 is 0.872 bits per heavy atom. The van der Waals surface area contributed by atoms with Gasteiger partial charge in [-0.25, -0.2) is 0 Å². The third-order valence-electron chi connectivity index (χ3n) is 6.54. The summed E-state index contributed by atoms with van der Waals surface area (Å²) in [5.41, 5.74) is -0.263. The predicted octanol–water partition coefficient (Wildman–Crippen LogP) is 1.45. The lowest BCUT2D eigenvalue weighted by molar-refractivity contribution is -0.231. The zero-order valence-electron chi connectivity index (χ0n) is 20.1. The van der Waals surface area contributed by atoms with Gasteiger partial charge in [-0.1, -0.05) is 30.3 Å². The molecule has 5 atom stereocenters. The lowest BCUT2D eigenvalue weighted by atomic mass is 9.89. The summed E-state index contributed by atoms with van der Waals surface area (Å²) < 4.78 is 41.4. The molecule has 3 aromatic carbocycles. The molecule has 1 aliphatic heterocycles. The zero-order valence-corrected chi connectivity index (χ0v) is 20.9. The molecule has 1 fully saturated rings. The third kappa shape index (κ3) is 4.89. The molecule has 0 amide bonds. The summed E-state index contributed by atoms with van der Waals surface area (Å²) in [6.07, 6.45) is -6.54. The highest BCUT2D eigenvalue weighted by atomic mass is 32.2. The number of rotatable bonds is 6. The highest BCUT2D eigenvalue weighted by molar-refractivity contribution is 7.87. The van der Waals surface area contributed by atoms with Crippen molar-refractivity contribution in [1.29, 1.82) is 0 Å². The minimum atomic E-state index is -4.05. The van der Waals surface area contributed by atoms with Gasteiger partial charge in [0.05, 0.1) is 23.1 Å². The Labute approximate surface area is 221 Å². The fourth-order valence-electron chi connectivity index (χ4n) is 4.48. The van der Waals surface area contributed by atoms with Gasteiger partial charge >= 0.3 is 10.1 Å². The van der Waals surface area contributed by atoms with E-state index < -0.39 is 58.4 Å². The Hall–Kier alpha value is -3.78. The number of hydrogen-bond donors (Lipinski definition) is 5. The van der Waals surface area contributed by atoms with Crippen LogP contribution in [-0.2, 0) is 14.9 Å². The molecule has 0 aliphatic carbocycles. The number of benzene rings is 3. The molecule has 11 nitrogen and oxygen atoms in total. The highest BCUT2D eigenvalue weighted by Gasteiger charge is 2.45. The number of aliphatic hydroxyl groups excluding tert-OH is 4. The largest absolute Gasteiger partial charge is 0.507 e. The smallest absolute Gasteiger partial charge is 0.339 e. The van der Waals surface area contributed by atoms with Crippen LogP contribution in [-0.4, -0.2) is 65.0 Å². The van der Waals surface area contributed by atoms with Crippen LogP contribution in [0.4, 0.5) is 0 Å². The summed E-state index contributed by atoms with van der Waals surface area (Å²) in [5, 5.41) is 50.9. The van der Waals surface area contributed by atoms with Gasteiger partial charge in [-0.05, 0) is 42.0 Å². The minimum Gasteiger partial charge on any atom is -0.507 e. The van der Waals surface area contributed by atoms with Crippen molar-refractivity contribution in [1.82, 2.24) is 0 Å². The van der Waals surface area contributed by atoms with E-state index in [1.54, 1.807) is 18.2 Å². The molecule has 0 saturated carbocycles. The molecule has 0 unspecified atom stereocenters. The first-order chi connectivity index (χ1) is 18.6. The van der Waals surface area contributed by atoms with E-state index in [0.717, 1.165) is 6.26 Å². The van der Waals surface area contributed by atoms with Crippen LogP contribution in [0.15, 0.2) is 87.1 Å². The summed E-state index contributed by atoms with van der Waals surface area (Å²) in [7, 11) is -4.05. The molecule has 5 N–H and O–H groups in total. The van der Waals surface area contributed by atoms with Gasteiger partial charge < -0.3 is 38.9 Å². The molecule has 204 valence electrons. The van der Waals surface area contributed by atoms with Gasteiger partial charge in [0, 0.05) is 0 Å². The summed E-state index contributed by atoms with van der Waals surface area (Å²) in [6.45, 7) is -0.673. The normalized spacial score (nSPS) is 23.5. The van der Waals surface area contributed by atoms with Crippen molar-refractivity contribution in [3.05, 3.63) is 88.8 Å². The molecule has 0 bridgehead atoms. The molecule has 1 aliphatic rings. The van der Waals surface area contributed by atoms with E-state index in [1.807, 2.05) is 0 Å². The topological polar surface area (TPSA) is 184 Å². The molecule has 4 aromatic rings. The van der Waals surface area contributed by atoms with Crippen molar-refractivity contribution >= 4 is 21.1 Å². The first-order valence-corrected chi connectivity index (χ1v) is 13.2. The van der Waals surface area contributed by atoms with Crippen molar-refractivity contribution in [2.75, 3.05) is 6.61 Å². The number of hydrogen-bond acceptors (Lipinski definition) is 11. The average Bonchev–Trinajstić information content (AvgIpc) is 2.93. The molecule has 0 spiro atoms. The fourth-order valence-corrected chi connectivity index (χ4v) is 5.43. The van der Waals surface area contributed by atoms with Gasteiger partial charge in [0.2, 0.25) is 5.43 Å². The number of aromatic hydroxyl groups is 1. The Kier molecular flexibility index (Phi) is 7.16. The summed E-state index contributed by atoms with van der Waals surface area (Å²) in [6, 6.07) is 15.9. The van der Waals surface area contributed by atoms with Gasteiger partial charge in [0.1, 0.15) is 58.8 Å². The molecule has 1 saturated heterocycles. The molecule has 5 rings (SSSR count). The van der Waals surface area contributed by atoms with E-state index in [1.165, 1.54) is 48.5 Å². The van der Waals surface area contributed by atoms with E-state index in [4.69, 9.17) is 13.3 Å². The molecule has 12 heteroatoms. The van der Waals surface area contributed by atoms with Crippen LogP contribution in [0.1, 0.15) is 11.7 Å². The second-order valence-electron chi connectivity index (χ2n) is 8.98. The van der Waals surface area contributed by atoms with Crippen LogP contribution in [0.3, 0.4) is 0 Å². The van der Waals surface area contributed by atoms with E-state index >= 15 is 0 Å². The molecule has 2 heterocycles. The van der Waals surface area contributed by atoms with Crippen molar-refractivity contribution in [2.24, 2.45) is 0 Å². The van der Waals surface area contributed by atoms with Crippen molar-refractivity contribution in [3.63, 3.8) is 0 Å². The molecule has 39 heavy (non-hydrogen) atoms. The first-order valence-electron chi connectivity index (χ1n) is 11.8. The third-order valence-corrected chi connectivity index (χ3v) is 7.80. The second-order valence-corrected chi connectivity index (χ2v) is 10.5. The highest BCUT2D eigenvalue weighted by Crippen LogP contribution is 2.40. The summed E-state index contributed by atoms with van der Waals surface area (Å²) in [4.78, 5) is 13.4. The van der Waals surface area contributed by atoms with Crippen LogP contribution in [0.25, 0.3) is 22.1 Å². The Morgan fingerprint density at radius 3 is 2.23 bits per heavy atom. The van der Waals surface area contributed by atoms with Crippen LogP contribution in [0.2, 0.25) is 0 Å². The Bertz CT molecular complexity index is 1650. The van der Waals surface area contributed by atoms with Gasteiger partial charge in [-0.15, -0.1) is 0 Å². The Balaban J connectivity index is 1.49. The minimum absolute atomic E-state index is 0.0114.